The van der Waals surface area contributed by atoms with E-state index >= 15 is 0 Å². The van der Waals surface area contributed by atoms with Crippen molar-refractivity contribution in [3.63, 3.8) is 0 Å². The Bertz CT molecular complexity index is 1600. The smallest absolute Gasteiger partial charge is 0.272 e. The average molecular weight is 476 g/mol. The molecule has 3 aliphatic heterocycles. The van der Waals surface area contributed by atoms with Gasteiger partial charge < -0.3 is 4.90 Å². The molecule has 2 amide bonds. The number of hydrogen-bond donors (Lipinski definition) is 0. The maximum Gasteiger partial charge on any atom is 0.272 e. The minimum atomic E-state index is -0.914. The first-order valence-corrected chi connectivity index (χ1v) is 11.9. The fourth-order valence-electron chi connectivity index (χ4n) is 5.90. The van der Waals surface area contributed by atoms with Crippen LogP contribution in [0, 0.1) is 18.8 Å². The Labute approximate surface area is 206 Å². The highest BCUT2D eigenvalue weighted by atomic mass is 16.2. The molecule has 0 unspecified atom stereocenters. The van der Waals surface area contributed by atoms with Gasteiger partial charge in [-0.15, -0.1) is 5.10 Å². The van der Waals surface area contributed by atoms with E-state index in [1.807, 2.05) is 72.5 Å². The molecule has 2 saturated heterocycles. The van der Waals surface area contributed by atoms with E-state index in [1.54, 1.807) is 24.3 Å². The molecule has 0 saturated carbocycles. The molecule has 3 aromatic carbocycles. The van der Waals surface area contributed by atoms with Crippen molar-refractivity contribution in [2.45, 2.75) is 19.0 Å². The van der Waals surface area contributed by atoms with Crippen LogP contribution in [0.5, 0.6) is 0 Å². The van der Waals surface area contributed by atoms with Gasteiger partial charge in [0.2, 0.25) is 11.8 Å². The van der Waals surface area contributed by atoms with E-state index in [-0.39, 0.29) is 17.7 Å². The van der Waals surface area contributed by atoms with Crippen molar-refractivity contribution >= 4 is 46.2 Å². The summed E-state index contributed by atoms with van der Waals surface area (Å²) >= 11 is 0. The molecule has 8 nitrogen and oxygen atoms in total. The van der Waals surface area contributed by atoms with Crippen LogP contribution in [-0.4, -0.2) is 44.8 Å². The molecule has 1 aromatic heterocycles. The summed E-state index contributed by atoms with van der Waals surface area (Å²) < 4.78 is 1.27. The molecular formula is C28H21N5O3. The van der Waals surface area contributed by atoms with Crippen LogP contribution in [-0.2, 0) is 9.59 Å². The summed E-state index contributed by atoms with van der Waals surface area (Å²) in [5.41, 5.74) is 4.47. The lowest BCUT2D eigenvalue weighted by molar-refractivity contribution is -0.122. The molecule has 7 rings (SSSR count). The van der Waals surface area contributed by atoms with Crippen LogP contribution in [0.25, 0.3) is 17.1 Å². The first kappa shape index (κ1) is 20.8. The number of rotatable bonds is 2. The lowest BCUT2D eigenvalue weighted by Gasteiger charge is -2.36. The summed E-state index contributed by atoms with van der Waals surface area (Å²) in [5, 5.41) is 8.29. The summed E-state index contributed by atoms with van der Waals surface area (Å²) in [5.74, 6) is -2.57. The van der Waals surface area contributed by atoms with Gasteiger partial charge in [-0.1, -0.05) is 65.4 Å². The molecule has 0 radical (unpaired) electrons. The van der Waals surface area contributed by atoms with Gasteiger partial charge >= 0.3 is 0 Å². The molecule has 8 heteroatoms. The predicted octanol–water partition coefficient (Wildman–Crippen LogP) is 3.47. The summed E-state index contributed by atoms with van der Waals surface area (Å²) in [7, 11) is 0. The first-order chi connectivity index (χ1) is 17.5. The van der Waals surface area contributed by atoms with Crippen LogP contribution < -0.4 is 9.80 Å². The zero-order valence-corrected chi connectivity index (χ0v) is 19.4. The summed E-state index contributed by atoms with van der Waals surface area (Å²) in [4.78, 5) is 45.1. The Hall–Kier alpha value is -4.59. The van der Waals surface area contributed by atoms with Crippen LogP contribution >= 0.6 is 0 Å². The van der Waals surface area contributed by atoms with Gasteiger partial charge in [0.15, 0.2) is 0 Å². The van der Waals surface area contributed by atoms with E-state index in [0.29, 0.717) is 16.7 Å². The van der Waals surface area contributed by atoms with E-state index in [4.69, 9.17) is 0 Å². The molecule has 0 N–H and O–H groups in total. The van der Waals surface area contributed by atoms with Gasteiger partial charge in [-0.05, 0) is 42.8 Å². The van der Waals surface area contributed by atoms with Crippen LogP contribution in [0.2, 0.25) is 0 Å². The summed E-state index contributed by atoms with van der Waals surface area (Å²) in [6, 6.07) is 20.9. The molecule has 0 aliphatic carbocycles. The minimum absolute atomic E-state index is 0.286. The molecule has 2 fully saturated rings. The largest absolute Gasteiger partial charge is 0.351 e. The van der Waals surface area contributed by atoms with Crippen molar-refractivity contribution in [3.05, 3.63) is 90.0 Å². The van der Waals surface area contributed by atoms with Gasteiger partial charge in [0, 0.05) is 5.69 Å². The monoisotopic (exact) mass is 475 g/mol. The Balaban J connectivity index is 1.39. The molecule has 0 spiro atoms. The highest BCUT2D eigenvalue weighted by molar-refractivity contribution is 6.25. The standard InChI is InChI=1S/C28H21N5O3/c1-16-10-13-18(14-11-16)31-26(34)23-22-15-12-17-6-2-4-8-20(17)32(22)25(24(23)27(31)35)28(36)33-21-9-5-3-7-19(21)29-30-33/h2-15,22-25H,1H3/t22-,23-,24-,25+/m0/s1. The number of carbonyl (C=O) groups is 3. The number of anilines is 2. The number of fused-ring (bicyclic) bond motifs is 6. The SMILES string of the molecule is Cc1ccc(N2C(=O)[C@@H]3[C@H](C2=O)[C@H](C(=O)n2nnc4ccccc42)N2c4ccccc4C=C[C@@H]32)cc1. The molecule has 4 aromatic rings. The zero-order chi connectivity index (χ0) is 24.6. The number of imide groups is 1. The molecule has 3 aliphatic rings. The van der Waals surface area contributed by atoms with Gasteiger partial charge in [-0.25, -0.2) is 4.90 Å². The first-order valence-electron chi connectivity index (χ1n) is 11.9. The normalized spacial score (nSPS) is 24.2. The van der Waals surface area contributed by atoms with Crippen LogP contribution in [0.1, 0.15) is 15.9 Å². The van der Waals surface area contributed by atoms with Crippen molar-refractivity contribution in [2.24, 2.45) is 11.8 Å². The fourth-order valence-corrected chi connectivity index (χ4v) is 5.90. The van der Waals surface area contributed by atoms with Crippen molar-refractivity contribution in [2.75, 3.05) is 9.80 Å². The Morgan fingerprint density at radius 1 is 0.861 bits per heavy atom. The molecular weight excluding hydrogens is 454 g/mol. The fraction of sp³-hybridized carbons (Fsp3) is 0.179. The topological polar surface area (TPSA) is 88.4 Å². The average Bonchev–Trinajstić information content (AvgIpc) is 3.56. The van der Waals surface area contributed by atoms with Gasteiger partial charge in [0.1, 0.15) is 11.6 Å². The third kappa shape index (κ3) is 2.72. The molecule has 36 heavy (non-hydrogen) atoms. The third-order valence-corrected chi connectivity index (χ3v) is 7.52. The number of aromatic nitrogens is 3. The number of hydrogen-bond acceptors (Lipinski definition) is 6. The van der Waals surface area contributed by atoms with Crippen molar-refractivity contribution < 1.29 is 14.4 Å². The van der Waals surface area contributed by atoms with Crippen molar-refractivity contribution in [3.8, 4) is 0 Å². The van der Waals surface area contributed by atoms with Crippen LogP contribution in [0.4, 0.5) is 11.4 Å². The number of para-hydroxylation sites is 2. The van der Waals surface area contributed by atoms with Crippen molar-refractivity contribution in [1.82, 2.24) is 15.0 Å². The van der Waals surface area contributed by atoms with E-state index in [1.165, 1.54) is 9.58 Å². The number of aryl methyl sites for hydroxylation is 1. The molecule has 4 heterocycles. The lowest BCUT2D eigenvalue weighted by atomic mass is 9.88. The zero-order valence-electron chi connectivity index (χ0n) is 19.4. The Morgan fingerprint density at radius 3 is 2.42 bits per heavy atom. The van der Waals surface area contributed by atoms with E-state index < -0.39 is 23.9 Å². The second-order valence-corrected chi connectivity index (χ2v) is 9.49. The minimum Gasteiger partial charge on any atom is -0.351 e. The lowest BCUT2D eigenvalue weighted by Crippen LogP contribution is -2.50. The molecule has 4 atom stereocenters. The van der Waals surface area contributed by atoms with Gasteiger partial charge in [-0.2, -0.15) is 4.68 Å². The second kappa shape index (κ2) is 7.45. The van der Waals surface area contributed by atoms with Gasteiger partial charge in [0.25, 0.3) is 5.91 Å². The predicted molar refractivity (Wildman–Crippen MR) is 134 cm³/mol. The highest BCUT2D eigenvalue weighted by Gasteiger charge is 2.64. The maximum atomic E-state index is 14.2. The van der Waals surface area contributed by atoms with Crippen LogP contribution in [0.3, 0.4) is 0 Å². The molecule has 176 valence electrons. The van der Waals surface area contributed by atoms with Crippen molar-refractivity contribution in [1.29, 1.82) is 0 Å². The van der Waals surface area contributed by atoms with E-state index in [2.05, 4.69) is 10.3 Å². The molecule has 0 bridgehead atoms. The summed E-state index contributed by atoms with van der Waals surface area (Å²) in [6.07, 6.45) is 3.91. The van der Waals surface area contributed by atoms with Gasteiger partial charge in [0.05, 0.1) is 29.1 Å². The maximum absolute atomic E-state index is 14.2. The summed E-state index contributed by atoms with van der Waals surface area (Å²) in [6.45, 7) is 1.95. The third-order valence-electron chi connectivity index (χ3n) is 7.52. The number of nitrogens with zero attached hydrogens (tertiary/aromatic N) is 5. The quantitative estimate of drug-likeness (QED) is 0.413. The Morgan fingerprint density at radius 2 is 1.58 bits per heavy atom. The van der Waals surface area contributed by atoms with Gasteiger partial charge in [-0.3, -0.25) is 14.4 Å². The Kier molecular flexibility index (Phi) is 4.30. The van der Waals surface area contributed by atoms with E-state index in [0.717, 1.165) is 16.8 Å². The highest BCUT2D eigenvalue weighted by Crippen LogP contribution is 2.49. The van der Waals surface area contributed by atoms with E-state index in [9.17, 15) is 14.4 Å². The van der Waals surface area contributed by atoms with Crippen LogP contribution in [0.15, 0.2) is 78.9 Å². The number of benzene rings is 3. The second-order valence-electron chi connectivity index (χ2n) is 9.49. The number of carbonyl (C=O) groups excluding carboxylic acids is 3. The number of amides is 2.